The summed E-state index contributed by atoms with van der Waals surface area (Å²) in [6, 6.07) is 0. The first-order chi connectivity index (χ1) is 26.3. The van der Waals surface area contributed by atoms with Gasteiger partial charge in [-0.2, -0.15) is 9.97 Å². The van der Waals surface area contributed by atoms with Crippen molar-refractivity contribution in [2.24, 2.45) is 11.8 Å². The molecule has 0 amide bonds. The topological polar surface area (TPSA) is 154 Å². The van der Waals surface area contributed by atoms with Crippen LogP contribution < -0.4 is 9.80 Å². The molecule has 4 fully saturated rings. The van der Waals surface area contributed by atoms with E-state index in [0.717, 1.165) is 109 Å². The van der Waals surface area contributed by atoms with Crippen LogP contribution in [0.25, 0.3) is 35.6 Å². The van der Waals surface area contributed by atoms with Gasteiger partial charge < -0.3 is 9.80 Å². The number of aryl methyl sites for hydroxylation is 4. The summed E-state index contributed by atoms with van der Waals surface area (Å²) in [5, 5.41) is 18.7. The molecule has 0 atom stereocenters. The van der Waals surface area contributed by atoms with Crippen molar-refractivity contribution in [2.75, 3.05) is 36.0 Å². The lowest BCUT2D eigenvalue weighted by molar-refractivity contribution is 0.556. The van der Waals surface area contributed by atoms with Gasteiger partial charge in [0.2, 0.25) is 11.9 Å². The first-order valence-corrected chi connectivity index (χ1v) is 19.5. The largest absolute Gasteiger partial charge is 0.341 e. The van der Waals surface area contributed by atoms with E-state index < -0.39 is 0 Å². The van der Waals surface area contributed by atoms with Crippen LogP contribution in [-0.2, 0) is 13.1 Å². The van der Waals surface area contributed by atoms with Crippen molar-refractivity contribution in [3.8, 4) is 0 Å². The Bertz CT molecular complexity index is 2260. The van der Waals surface area contributed by atoms with Crippen LogP contribution in [-0.4, -0.2) is 94.9 Å². The highest BCUT2D eigenvalue weighted by atomic mass is 15.5. The maximum Gasteiger partial charge on any atom is 0.245 e. The summed E-state index contributed by atoms with van der Waals surface area (Å²) in [6.45, 7) is 14.0. The minimum atomic E-state index is 0.649. The van der Waals surface area contributed by atoms with Crippen LogP contribution in [0.2, 0.25) is 0 Å². The standard InChI is InChI=1S/2C19H24N8/c1-13-11-20-14(2)18-21-16(24-27(13)18)7-8-17-22-19(25-9-3-4-10-25)26(23-17)12-15-5-6-15;1-13-11-20-14(2)18-21-16(23-27(13)18)7-8-17-22-19(25-9-3-4-10-25)24-26(17)12-15-5-6-15/h2*7-8,11,15H,3-6,9-10,12H2,1-2H3/b2*8-7+. The number of nitrogens with zero attached hydrogens (tertiary/aromatic N) is 16. The Hall–Kier alpha value is -5.54. The lowest BCUT2D eigenvalue weighted by atomic mass is 10.4. The molecule has 0 radical (unpaired) electrons. The van der Waals surface area contributed by atoms with Crippen molar-refractivity contribution in [1.29, 1.82) is 0 Å². The first kappa shape index (κ1) is 34.2. The number of aromatic nitrogens is 14. The second kappa shape index (κ2) is 14.4. The minimum absolute atomic E-state index is 0.649. The van der Waals surface area contributed by atoms with Crippen LogP contribution in [0, 0.1) is 39.5 Å². The molecule has 0 aromatic carbocycles. The summed E-state index contributed by atoms with van der Waals surface area (Å²) in [4.78, 5) is 32.1. The zero-order valence-electron chi connectivity index (χ0n) is 31.7. The van der Waals surface area contributed by atoms with Crippen LogP contribution >= 0.6 is 0 Å². The molecule has 2 saturated carbocycles. The molecule has 16 heteroatoms. The third-order valence-corrected chi connectivity index (χ3v) is 10.6. The van der Waals surface area contributed by atoms with Gasteiger partial charge in [0.1, 0.15) is 0 Å². The van der Waals surface area contributed by atoms with Gasteiger partial charge in [0.25, 0.3) is 0 Å². The zero-order chi connectivity index (χ0) is 36.8. The van der Waals surface area contributed by atoms with Crippen LogP contribution in [0.4, 0.5) is 11.9 Å². The summed E-state index contributed by atoms with van der Waals surface area (Å²) in [6.07, 6.45) is 21.5. The van der Waals surface area contributed by atoms with E-state index in [0.29, 0.717) is 11.6 Å². The van der Waals surface area contributed by atoms with Gasteiger partial charge in [-0.25, -0.2) is 28.4 Å². The van der Waals surface area contributed by atoms with E-state index >= 15 is 0 Å². The van der Waals surface area contributed by atoms with E-state index in [1.807, 2.05) is 73.4 Å². The Morgan fingerprint density at radius 2 is 1.06 bits per heavy atom. The quantitative estimate of drug-likeness (QED) is 0.186. The first-order valence-electron chi connectivity index (χ1n) is 19.5. The van der Waals surface area contributed by atoms with Gasteiger partial charge in [0, 0.05) is 51.7 Å². The molecule has 8 heterocycles. The molecule has 54 heavy (non-hydrogen) atoms. The van der Waals surface area contributed by atoms with Crippen molar-refractivity contribution >= 4 is 47.5 Å². The molecule has 0 N–H and O–H groups in total. The maximum absolute atomic E-state index is 4.79. The Morgan fingerprint density at radius 3 is 1.59 bits per heavy atom. The number of fused-ring (bicyclic) bond motifs is 2. The van der Waals surface area contributed by atoms with Crippen molar-refractivity contribution < 1.29 is 0 Å². The summed E-state index contributed by atoms with van der Waals surface area (Å²) in [7, 11) is 0. The smallest absolute Gasteiger partial charge is 0.245 e. The number of anilines is 2. The molecule has 2 saturated heterocycles. The predicted molar refractivity (Wildman–Crippen MR) is 207 cm³/mol. The maximum atomic E-state index is 4.79. The van der Waals surface area contributed by atoms with Crippen LogP contribution in [0.3, 0.4) is 0 Å². The summed E-state index contributed by atoms with van der Waals surface area (Å²) < 4.78 is 7.82. The van der Waals surface area contributed by atoms with Gasteiger partial charge in [-0.3, -0.25) is 9.97 Å². The molecule has 0 spiro atoms. The van der Waals surface area contributed by atoms with Crippen LogP contribution in [0.15, 0.2) is 12.4 Å². The Balaban J connectivity index is 0.000000142. The SMILES string of the molecule is Cc1ncc(C)n2nc(/C=C/c3nc(N4CCCC4)n(CC4CC4)n3)nc12.Cc1ncc(C)n2nc(/C=C/c3nc(N4CCCC4)nn3CC3CC3)nc12. The number of hydrogen-bond acceptors (Lipinski definition) is 12. The van der Waals surface area contributed by atoms with Crippen molar-refractivity contribution in [3.05, 3.63) is 58.5 Å². The predicted octanol–water partition coefficient (Wildman–Crippen LogP) is 5.03. The van der Waals surface area contributed by atoms with E-state index in [4.69, 9.17) is 20.2 Å². The van der Waals surface area contributed by atoms with Gasteiger partial charge >= 0.3 is 0 Å². The third-order valence-electron chi connectivity index (χ3n) is 10.6. The van der Waals surface area contributed by atoms with E-state index in [1.54, 1.807) is 0 Å². The highest BCUT2D eigenvalue weighted by Crippen LogP contribution is 2.33. The Kier molecular flexibility index (Phi) is 9.11. The molecule has 2 aliphatic heterocycles. The van der Waals surface area contributed by atoms with E-state index in [2.05, 4.69) is 49.3 Å². The van der Waals surface area contributed by atoms with Crippen LogP contribution in [0.5, 0.6) is 0 Å². The molecular formula is C38H48N16. The summed E-state index contributed by atoms with van der Waals surface area (Å²) >= 11 is 0. The van der Waals surface area contributed by atoms with Gasteiger partial charge in [-0.15, -0.1) is 20.4 Å². The molecular weight excluding hydrogens is 681 g/mol. The molecule has 10 rings (SSSR count). The molecule has 6 aromatic rings. The summed E-state index contributed by atoms with van der Waals surface area (Å²) in [5.41, 5.74) is 5.27. The average molecular weight is 729 g/mol. The fourth-order valence-electron chi connectivity index (χ4n) is 7.10. The van der Waals surface area contributed by atoms with Crippen molar-refractivity contribution in [1.82, 2.24) is 68.7 Å². The third kappa shape index (κ3) is 7.33. The monoisotopic (exact) mass is 728 g/mol. The Labute approximate surface area is 314 Å². The van der Waals surface area contributed by atoms with E-state index in [1.165, 1.54) is 51.4 Å². The van der Waals surface area contributed by atoms with Crippen molar-refractivity contribution in [2.45, 2.75) is 92.2 Å². The second-order valence-corrected chi connectivity index (χ2v) is 15.2. The molecule has 0 unspecified atom stereocenters. The highest BCUT2D eigenvalue weighted by Gasteiger charge is 2.27. The molecule has 16 nitrogen and oxygen atoms in total. The van der Waals surface area contributed by atoms with E-state index in [9.17, 15) is 0 Å². The number of hydrogen-bond donors (Lipinski definition) is 0. The zero-order valence-corrected chi connectivity index (χ0v) is 31.7. The second-order valence-electron chi connectivity index (χ2n) is 15.2. The van der Waals surface area contributed by atoms with Gasteiger partial charge in [-0.05, 0) is 115 Å². The van der Waals surface area contributed by atoms with Gasteiger partial charge in [0.15, 0.2) is 34.6 Å². The highest BCUT2D eigenvalue weighted by molar-refractivity contribution is 5.66. The molecule has 280 valence electrons. The van der Waals surface area contributed by atoms with Gasteiger partial charge in [-0.1, -0.05) is 0 Å². The Morgan fingerprint density at radius 1 is 0.556 bits per heavy atom. The fraction of sp³-hybridized carbons (Fsp3) is 0.526. The normalized spacial score (nSPS) is 17.6. The molecule has 4 aliphatic rings. The summed E-state index contributed by atoms with van der Waals surface area (Å²) in [5.74, 6) is 6.30. The van der Waals surface area contributed by atoms with Crippen molar-refractivity contribution in [3.63, 3.8) is 0 Å². The van der Waals surface area contributed by atoms with E-state index in [-0.39, 0.29) is 0 Å². The van der Waals surface area contributed by atoms with Gasteiger partial charge in [0.05, 0.1) is 22.8 Å². The molecule has 6 aromatic heterocycles. The van der Waals surface area contributed by atoms with Crippen LogP contribution in [0.1, 0.15) is 97.4 Å². The molecule has 2 aliphatic carbocycles. The average Bonchev–Trinajstić information content (AvgIpc) is 3.68. The fourth-order valence-corrected chi connectivity index (χ4v) is 7.10. The molecule has 0 bridgehead atoms. The number of rotatable bonds is 10. The lowest BCUT2D eigenvalue weighted by Gasteiger charge is -2.16. The minimum Gasteiger partial charge on any atom is -0.341 e. The lowest BCUT2D eigenvalue weighted by Crippen LogP contribution is -2.23.